The monoisotopic (exact) mass is 322 g/mol. The molecule has 0 unspecified atom stereocenters. The molecule has 1 aliphatic carbocycles. The van der Waals surface area contributed by atoms with E-state index < -0.39 is 5.97 Å². The van der Waals surface area contributed by atoms with Crippen molar-refractivity contribution >= 4 is 23.6 Å². The molecule has 2 amide bonds. The first kappa shape index (κ1) is 15.2. The molecular weight excluding hydrogens is 304 g/mol. The fourth-order valence-electron chi connectivity index (χ4n) is 3.28. The number of aliphatic carboxylic acids is 1. The van der Waals surface area contributed by atoms with E-state index in [1.165, 1.54) is 0 Å². The van der Waals surface area contributed by atoms with Gasteiger partial charge in [0, 0.05) is 24.2 Å². The SMILES string of the molecule is O=C(O)C1CCC(NC(=O)N2Cc3cccc(Cl)c3C2)CC1. The summed E-state index contributed by atoms with van der Waals surface area (Å²) in [6.07, 6.45) is 2.72. The van der Waals surface area contributed by atoms with Gasteiger partial charge in [-0.2, -0.15) is 0 Å². The lowest BCUT2D eigenvalue weighted by atomic mass is 9.86. The second-order valence-electron chi connectivity index (χ2n) is 6.07. The minimum absolute atomic E-state index is 0.0716. The molecule has 118 valence electrons. The van der Waals surface area contributed by atoms with Gasteiger partial charge in [-0.1, -0.05) is 23.7 Å². The lowest BCUT2D eigenvalue weighted by Gasteiger charge is -2.28. The van der Waals surface area contributed by atoms with E-state index in [0.29, 0.717) is 31.0 Å². The number of hydrogen-bond donors (Lipinski definition) is 2. The van der Waals surface area contributed by atoms with E-state index in [4.69, 9.17) is 16.7 Å². The van der Waals surface area contributed by atoms with Crippen LogP contribution in [0.15, 0.2) is 18.2 Å². The van der Waals surface area contributed by atoms with Gasteiger partial charge in [0.25, 0.3) is 0 Å². The Morgan fingerprint density at radius 3 is 2.55 bits per heavy atom. The highest BCUT2D eigenvalue weighted by Crippen LogP contribution is 2.29. The fraction of sp³-hybridized carbons (Fsp3) is 0.500. The smallest absolute Gasteiger partial charge is 0.318 e. The van der Waals surface area contributed by atoms with E-state index >= 15 is 0 Å². The van der Waals surface area contributed by atoms with Gasteiger partial charge < -0.3 is 15.3 Å². The molecule has 5 nitrogen and oxygen atoms in total. The van der Waals surface area contributed by atoms with Crippen LogP contribution in [-0.4, -0.2) is 28.0 Å². The summed E-state index contributed by atoms with van der Waals surface area (Å²) in [6.45, 7) is 1.11. The van der Waals surface area contributed by atoms with Gasteiger partial charge in [-0.15, -0.1) is 0 Å². The number of nitrogens with one attached hydrogen (secondary N) is 1. The fourth-order valence-corrected chi connectivity index (χ4v) is 3.53. The largest absolute Gasteiger partial charge is 0.481 e. The first-order valence-corrected chi connectivity index (χ1v) is 7.97. The average molecular weight is 323 g/mol. The Labute approximate surface area is 134 Å². The van der Waals surface area contributed by atoms with Crippen LogP contribution in [0.1, 0.15) is 36.8 Å². The lowest BCUT2D eigenvalue weighted by Crippen LogP contribution is -2.44. The molecule has 0 atom stereocenters. The van der Waals surface area contributed by atoms with Crippen molar-refractivity contribution in [2.24, 2.45) is 5.92 Å². The second kappa shape index (κ2) is 6.16. The highest BCUT2D eigenvalue weighted by Gasteiger charge is 2.30. The highest BCUT2D eigenvalue weighted by atomic mass is 35.5. The standard InChI is InChI=1S/C16H19ClN2O3/c17-14-3-1-2-11-8-19(9-13(11)14)16(22)18-12-6-4-10(5-7-12)15(20)21/h1-3,10,12H,4-9H2,(H,18,22)(H,20,21). The van der Waals surface area contributed by atoms with E-state index in [-0.39, 0.29) is 18.0 Å². The molecule has 0 saturated heterocycles. The number of hydrogen-bond acceptors (Lipinski definition) is 2. The first-order chi connectivity index (χ1) is 10.5. The van der Waals surface area contributed by atoms with Gasteiger partial charge in [0.05, 0.1) is 5.92 Å². The number of halogens is 1. The summed E-state index contributed by atoms with van der Waals surface area (Å²) in [5.41, 5.74) is 2.12. The van der Waals surface area contributed by atoms with Crippen LogP contribution < -0.4 is 5.32 Å². The zero-order valence-corrected chi connectivity index (χ0v) is 13.0. The minimum Gasteiger partial charge on any atom is -0.481 e. The van der Waals surface area contributed by atoms with E-state index in [2.05, 4.69) is 5.32 Å². The van der Waals surface area contributed by atoms with Crippen molar-refractivity contribution in [3.8, 4) is 0 Å². The van der Waals surface area contributed by atoms with Crippen molar-refractivity contribution in [1.82, 2.24) is 10.2 Å². The number of nitrogens with zero attached hydrogens (tertiary/aromatic N) is 1. The molecule has 22 heavy (non-hydrogen) atoms. The van der Waals surface area contributed by atoms with Crippen LogP contribution in [0.5, 0.6) is 0 Å². The zero-order chi connectivity index (χ0) is 15.7. The van der Waals surface area contributed by atoms with Gasteiger partial charge in [-0.05, 0) is 42.9 Å². The van der Waals surface area contributed by atoms with Crippen molar-refractivity contribution in [2.45, 2.75) is 44.8 Å². The molecule has 1 aliphatic heterocycles. The molecule has 1 saturated carbocycles. The van der Waals surface area contributed by atoms with Crippen LogP contribution in [0.25, 0.3) is 0 Å². The molecule has 0 radical (unpaired) electrons. The van der Waals surface area contributed by atoms with Crippen molar-refractivity contribution < 1.29 is 14.7 Å². The molecule has 1 aromatic rings. The second-order valence-corrected chi connectivity index (χ2v) is 6.48. The molecule has 2 N–H and O–H groups in total. The number of urea groups is 1. The predicted molar refractivity (Wildman–Crippen MR) is 82.6 cm³/mol. The number of fused-ring (bicyclic) bond motifs is 1. The topological polar surface area (TPSA) is 69.6 Å². The molecule has 1 heterocycles. The molecule has 0 spiro atoms. The van der Waals surface area contributed by atoms with Gasteiger partial charge in [0.2, 0.25) is 0 Å². The summed E-state index contributed by atoms with van der Waals surface area (Å²) in [4.78, 5) is 25.1. The molecule has 1 aromatic carbocycles. The maximum Gasteiger partial charge on any atom is 0.318 e. The van der Waals surface area contributed by atoms with E-state index in [9.17, 15) is 9.59 Å². The van der Waals surface area contributed by atoms with Crippen LogP contribution in [0.3, 0.4) is 0 Å². The third kappa shape index (κ3) is 3.04. The van der Waals surface area contributed by atoms with Gasteiger partial charge in [0.15, 0.2) is 0 Å². The van der Waals surface area contributed by atoms with Crippen molar-refractivity contribution in [3.63, 3.8) is 0 Å². The van der Waals surface area contributed by atoms with E-state index in [1.54, 1.807) is 4.90 Å². The Morgan fingerprint density at radius 1 is 1.18 bits per heavy atom. The normalized spacial score (nSPS) is 24.0. The Bertz CT molecular complexity index is 597. The number of carbonyl (C=O) groups excluding carboxylic acids is 1. The lowest BCUT2D eigenvalue weighted by molar-refractivity contribution is -0.142. The number of carboxylic acids is 1. The quantitative estimate of drug-likeness (QED) is 0.879. The Balaban J connectivity index is 1.54. The van der Waals surface area contributed by atoms with Gasteiger partial charge >= 0.3 is 12.0 Å². The average Bonchev–Trinajstić information content (AvgIpc) is 2.93. The zero-order valence-electron chi connectivity index (χ0n) is 12.2. The highest BCUT2D eigenvalue weighted by molar-refractivity contribution is 6.31. The summed E-state index contributed by atoms with van der Waals surface area (Å²) in [5.74, 6) is -0.989. The molecule has 1 fully saturated rings. The first-order valence-electron chi connectivity index (χ1n) is 7.59. The minimum atomic E-state index is -0.727. The van der Waals surface area contributed by atoms with Crippen molar-refractivity contribution in [2.75, 3.05) is 0 Å². The summed E-state index contributed by atoms with van der Waals surface area (Å²) >= 11 is 6.16. The molecule has 0 bridgehead atoms. The van der Waals surface area contributed by atoms with Crippen LogP contribution in [0.2, 0.25) is 5.02 Å². The van der Waals surface area contributed by atoms with Crippen LogP contribution in [0, 0.1) is 5.92 Å². The third-order valence-electron chi connectivity index (χ3n) is 4.62. The summed E-state index contributed by atoms with van der Waals surface area (Å²) in [5, 5.41) is 12.7. The summed E-state index contributed by atoms with van der Waals surface area (Å²) in [7, 11) is 0. The van der Waals surface area contributed by atoms with E-state index in [1.807, 2.05) is 18.2 Å². The Hall–Kier alpha value is -1.75. The van der Waals surface area contributed by atoms with Crippen LogP contribution in [0.4, 0.5) is 4.79 Å². The molecule has 3 rings (SSSR count). The number of carboxylic acid groups (broad SMARTS) is 1. The Kier molecular flexibility index (Phi) is 4.25. The number of rotatable bonds is 2. The predicted octanol–water partition coefficient (Wildman–Crippen LogP) is 3.01. The van der Waals surface area contributed by atoms with Gasteiger partial charge in [0.1, 0.15) is 0 Å². The van der Waals surface area contributed by atoms with E-state index in [0.717, 1.165) is 24.0 Å². The number of benzene rings is 1. The molecule has 0 aromatic heterocycles. The maximum atomic E-state index is 12.4. The van der Waals surface area contributed by atoms with Crippen LogP contribution in [-0.2, 0) is 17.9 Å². The maximum absolute atomic E-state index is 12.4. The third-order valence-corrected chi connectivity index (χ3v) is 4.97. The molecule has 6 heteroatoms. The number of carbonyl (C=O) groups is 2. The molecular formula is C16H19ClN2O3. The van der Waals surface area contributed by atoms with Gasteiger partial charge in [-0.25, -0.2) is 4.79 Å². The molecule has 2 aliphatic rings. The summed E-state index contributed by atoms with van der Waals surface area (Å²) < 4.78 is 0. The van der Waals surface area contributed by atoms with Gasteiger partial charge in [-0.3, -0.25) is 4.79 Å². The Morgan fingerprint density at radius 2 is 1.91 bits per heavy atom. The van der Waals surface area contributed by atoms with Crippen molar-refractivity contribution in [3.05, 3.63) is 34.3 Å². The van der Waals surface area contributed by atoms with Crippen molar-refractivity contribution in [1.29, 1.82) is 0 Å². The number of amides is 2. The summed E-state index contributed by atoms with van der Waals surface area (Å²) in [6, 6.07) is 5.71. The van der Waals surface area contributed by atoms with Crippen LogP contribution >= 0.6 is 11.6 Å².